The van der Waals surface area contributed by atoms with Gasteiger partial charge >= 0.3 is 0 Å². The molecule has 1 saturated heterocycles. The number of carbonyl (C=O) groups is 1. The van der Waals surface area contributed by atoms with Crippen LogP contribution in [0, 0.1) is 0 Å². The molecule has 1 aromatic heterocycles. The average molecular weight is 358 g/mol. The van der Waals surface area contributed by atoms with Crippen LogP contribution in [0.5, 0.6) is 0 Å². The predicted octanol–water partition coefficient (Wildman–Crippen LogP) is 1.69. The number of carbonyl (C=O) groups excluding carboxylic acids is 1. The first-order valence-corrected chi connectivity index (χ1v) is 9.46. The molecule has 8 heteroatoms. The van der Waals surface area contributed by atoms with Crippen molar-refractivity contribution in [3.05, 3.63) is 36.2 Å². The largest absolute Gasteiger partial charge is 0.347 e. The van der Waals surface area contributed by atoms with Crippen molar-refractivity contribution in [2.75, 3.05) is 32.4 Å². The lowest BCUT2D eigenvalue weighted by atomic mass is 10.1. The molecule has 132 valence electrons. The van der Waals surface area contributed by atoms with Crippen LogP contribution in [0.2, 0.25) is 0 Å². The average Bonchev–Trinajstić information content (AvgIpc) is 2.68. The number of piperazine rings is 1. The van der Waals surface area contributed by atoms with Crippen molar-refractivity contribution in [2.24, 2.45) is 5.10 Å². The lowest BCUT2D eigenvalue weighted by molar-refractivity contribution is -0.109. The molecule has 7 nitrogen and oxygen atoms in total. The fraction of sp³-hybridized carbons (Fsp3) is 0.412. The van der Waals surface area contributed by atoms with E-state index in [9.17, 15) is 4.79 Å². The van der Waals surface area contributed by atoms with Crippen LogP contribution in [-0.4, -0.2) is 63.8 Å². The number of aromatic nitrogens is 2. The Morgan fingerprint density at radius 2 is 1.96 bits per heavy atom. The highest BCUT2D eigenvalue weighted by Crippen LogP contribution is 2.24. The zero-order valence-electron chi connectivity index (χ0n) is 14.4. The molecule has 0 radical (unpaired) electrons. The summed E-state index contributed by atoms with van der Waals surface area (Å²) in [6.07, 6.45) is 6.01. The number of hydrazone groups is 1. The first kappa shape index (κ1) is 17.6. The molecule has 0 saturated carbocycles. The van der Waals surface area contributed by atoms with E-state index in [2.05, 4.69) is 49.4 Å². The minimum atomic E-state index is 0.316. The Kier molecular flexibility index (Phi) is 5.83. The summed E-state index contributed by atoms with van der Waals surface area (Å²) in [4.78, 5) is 23.8. The molecule has 2 heterocycles. The van der Waals surface area contributed by atoms with Gasteiger partial charge in [-0.05, 0) is 30.9 Å². The molecular weight excluding hydrogens is 336 g/mol. The van der Waals surface area contributed by atoms with Crippen LogP contribution in [0.1, 0.15) is 18.5 Å². The smallest absolute Gasteiger partial charge is 0.227 e. The fourth-order valence-electron chi connectivity index (χ4n) is 3.08. The number of amidine groups is 1. The van der Waals surface area contributed by atoms with Gasteiger partial charge in [0, 0.05) is 44.6 Å². The number of rotatable bonds is 4. The molecule has 0 bridgehead atoms. The van der Waals surface area contributed by atoms with Crippen molar-refractivity contribution < 1.29 is 4.79 Å². The van der Waals surface area contributed by atoms with E-state index in [0.29, 0.717) is 12.5 Å². The van der Waals surface area contributed by atoms with Gasteiger partial charge in [-0.3, -0.25) is 19.7 Å². The Morgan fingerprint density at radius 3 is 2.64 bits per heavy atom. The summed E-state index contributed by atoms with van der Waals surface area (Å²) in [6.45, 7) is 5.89. The number of thioether (sulfide) groups is 1. The molecular formula is C17H22N6OS. The summed E-state index contributed by atoms with van der Waals surface area (Å²) in [7, 11) is 0. The van der Waals surface area contributed by atoms with Crippen molar-refractivity contribution in [2.45, 2.75) is 13.0 Å². The van der Waals surface area contributed by atoms with Crippen LogP contribution < -0.4 is 5.43 Å². The summed E-state index contributed by atoms with van der Waals surface area (Å²) >= 11 is 1.54. The normalized spacial score (nSPS) is 17.5. The van der Waals surface area contributed by atoms with Gasteiger partial charge in [0.05, 0.1) is 11.0 Å². The SMILES string of the molecule is CS/C(=N\NC=O)N1CCN(C(C)c2ccc3nccnc3c2)CC1. The third kappa shape index (κ3) is 4.08. The molecule has 1 aliphatic rings. The number of benzene rings is 1. The van der Waals surface area contributed by atoms with E-state index in [0.717, 1.165) is 42.4 Å². The van der Waals surface area contributed by atoms with Gasteiger partial charge in [0.15, 0.2) is 5.17 Å². The Morgan fingerprint density at radius 1 is 1.24 bits per heavy atom. The Balaban J connectivity index is 1.66. The molecule has 1 N–H and O–H groups in total. The first-order chi connectivity index (χ1) is 12.2. The number of amides is 1. The van der Waals surface area contributed by atoms with Gasteiger partial charge in [-0.25, -0.2) is 5.43 Å². The van der Waals surface area contributed by atoms with E-state index >= 15 is 0 Å². The summed E-state index contributed by atoms with van der Waals surface area (Å²) < 4.78 is 0. The maximum absolute atomic E-state index is 10.4. The van der Waals surface area contributed by atoms with Crippen molar-refractivity contribution in [3.63, 3.8) is 0 Å². The van der Waals surface area contributed by atoms with E-state index in [-0.39, 0.29) is 0 Å². The molecule has 0 spiro atoms. The standard InChI is InChI=1S/C17H22N6OS/c1-13(14-3-4-15-16(11-14)19-6-5-18-15)22-7-9-23(10-8-22)17(25-2)21-20-12-24/h3-6,11-13H,7-10H2,1-2H3,(H,20,24)/b21-17-. The fourth-order valence-corrected chi connectivity index (χ4v) is 3.66. The van der Waals surface area contributed by atoms with Crippen LogP contribution in [0.15, 0.2) is 35.7 Å². The highest BCUT2D eigenvalue weighted by molar-refractivity contribution is 8.13. The van der Waals surface area contributed by atoms with Gasteiger partial charge in [-0.15, -0.1) is 5.10 Å². The number of hydrogen-bond acceptors (Lipinski definition) is 6. The van der Waals surface area contributed by atoms with Crippen molar-refractivity contribution in [1.82, 2.24) is 25.2 Å². The molecule has 1 amide bonds. The van der Waals surface area contributed by atoms with Crippen molar-refractivity contribution in [3.8, 4) is 0 Å². The van der Waals surface area contributed by atoms with E-state index in [4.69, 9.17) is 0 Å². The Hall–Kier alpha value is -2.19. The molecule has 25 heavy (non-hydrogen) atoms. The van der Waals surface area contributed by atoms with Crippen LogP contribution >= 0.6 is 11.8 Å². The second kappa shape index (κ2) is 8.26. The topological polar surface area (TPSA) is 73.7 Å². The van der Waals surface area contributed by atoms with E-state index < -0.39 is 0 Å². The maximum atomic E-state index is 10.4. The van der Waals surface area contributed by atoms with E-state index in [1.165, 1.54) is 5.56 Å². The lowest BCUT2D eigenvalue weighted by Crippen LogP contribution is -2.48. The molecule has 1 atom stereocenters. The van der Waals surface area contributed by atoms with Crippen molar-refractivity contribution in [1.29, 1.82) is 0 Å². The van der Waals surface area contributed by atoms with Gasteiger partial charge in [-0.2, -0.15) is 0 Å². The van der Waals surface area contributed by atoms with E-state index in [1.807, 2.05) is 12.3 Å². The zero-order valence-corrected chi connectivity index (χ0v) is 15.2. The van der Waals surface area contributed by atoms with Crippen LogP contribution in [0.3, 0.4) is 0 Å². The Labute approximate surface area is 151 Å². The second-order valence-corrected chi connectivity index (χ2v) is 6.62. The molecule has 0 aliphatic carbocycles. The van der Waals surface area contributed by atoms with Crippen LogP contribution in [0.25, 0.3) is 11.0 Å². The van der Waals surface area contributed by atoms with Gasteiger partial charge < -0.3 is 4.90 Å². The third-order valence-electron chi connectivity index (χ3n) is 4.50. The van der Waals surface area contributed by atoms with Gasteiger partial charge in [0.2, 0.25) is 6.41 Å². The predicted molar refractivity (Wildman–Crippen MR) is 101 cm³/mol. The summed E-state index contributed by atoms with van der Waals surface area (Å²) in [6, 6.07) is 6.61. The molecule has 2 aromatic rings. The van der Waals surface area contributed by atoms with Crippen molar-refractivity contribution >= 4 is 34.4 Å². The second-order valence-electron chi connectivity index (χ2n) is 5.85. The van der Waals surface area contributed by atoms with Gasteiger partial charge in [-0.1, -0.05) is 17.8 Å². The highest BCUT2D eigenvalue weighted by Gasteiger charge is 2.24. The quantitative estimate of drug-likeness (QED) is 0.388. The monoisotopic (exact) mass is 358 g/mol. The van der Waals surface area contributed by atoms with Crippen LogP contribution in [-0.2, 0) is 4.79 Å². The third-order valence-corrected chi connectivity index (χ3v) is 5.22. The maximum Gasteiger partial charge on any atom is 0.227 e. The minimum absolute atomic E-state index is 0.316. The highest BCUT2D eigenvalue weighted by atomic mass is 32.2. The molecule has 1 unspecified atom stereocenters. The number of nitrogens with one attached hydrogen (secondary N) is 1. The number of fused-ring (bicyclic) bond motifs is 1. The lowest BCUT2D eigenvalue weighted by Gasteiger charge is -2.39. The summed E-state index contributed by atoms with van der Waals surface area (Å²) in [5, 5.41) is 4.95. The van der Waals surface area contributed by atoms with E-state index in [1.54, 1.807) is 24.2 Å². The molecule has 3 rings (SSSR count). The Bertz CT molecular complexity index is 760. The zero-order chi connectivity index (χ0) is 17.6. The first-order valence-electron chi connectivity index (χ1n) is 8.23. The van der Waals surface area contributed by atoms with Gasteiger partial charge in [0.1, 0.15) is 0 Å². The van der Waals surface area contributed by atoms with Crippen LogP contribution in [0.4, 0.5) is 0 Å². The molecule has 1 aliphatic heterocycles. The molecule has 1 aromatic carbocycles. The number of hydrogen-bond donors (Lipinski definition) is 1. The number of nitrogens with zero attached hydrogens (tertiary/aromatic N) is 5. The summed E-state index contributed by atoms with van der Waals surface area (Å²) in [5.41, 5.74) is 5.50. The van der Waals surface area contributed by atoms with Gasteiger partial charge in [0.25, 0.3) is 0 Å². The molecule has 1 fully saturated rings. The minimum Gasteiger partial charge on any atom is -0.347 e. The summed E-state index contributed by atoms with van der Waals surface area (Å²) in [5.74, 6) is 0.